The maximum atomic E-state index is 12.6. The zero-order valence-corrected chi connectivity index (χ0v) is 13.5. The van der Waals surface area contributed by atoms with Crippen LogP contribution in [-0.2, 0) is 6.54 Å². The minimum Gasteiger partial charge on any atom is -0.343 e. The molecule has 1 unspecified atom stereocenters. The summed E-state index contributed by atoms with van der Waals surface area (Å²) in [5.41, 5.74) is 1.77. The summed E-state index contributed by atoms with van der Waals surface area (Å²) in [6, 6.07) is 5.73. The normalized spacial score (nSPS) is 12.2. The number of carbonyl (C=O) groups excluding carboxylic acids is 1. The molecule has 20 heavy (non-hydrogen) atoms. The molecule has 0 aliphatic rings. The van der Waals surface area contributed by atoms with Gasteiger partial charge in [0.2, 0.25) is 0 Å². The van der Waals surface area contributed by atoms with Gasteiger partial charge in [0, 0.05) is 36.7 Å². The van der Waals surface area contributed by atoms with Crippen molar-refractivity contribution < 1.29 is 4.79 Å². The Balaban J connectivity index is 2.24. The van der Waals surface area contributed by atoms with E-state index in [0.29, 0.717) is 5.69 Å². The maximum absolute atomic E-state index is 12.6. The van der Waals surface area contributed by atoms with E-state index in [1.165, 1.54) is 0 Å². The van der Waals surface area contributed by atoms with Crippen molar-refractivity contribution in [1.82, 2.24) is 14.5 Å². The van der Waals surface area contributed by atoms with Crippen LogP contribution in [0, 0.1) is 0 Å². The van der Waals surface area contributed by atoms with E-state index in [1.807, 2.05) is 49.9 Å². The Morgan fingerprint density at radius 2 is 2.10 bits per heavy atom. The molecule has 106 valence electrons. The highest BCUT2D eigenvalue weighted by atomic mass is 79.9. The van der Waals surface area contributed by atoms with Crippen LogP contribution in [0.3, 0.4) is 0 Å². The third-order valence-electron chi connectivity index (χ3n) is 3.51. The molecular weight excluding hydrogens is 318 g/mol. The third kappa shape index (κ3) is 2.93. The first-order chi connectivity index (χ1) is 9.54. The van der Waals surface area contributed by atoms with Crippen LogP contribution < -0.4 is 0 Å². The first-order valence-corrected chi connectivity index (χ1v) is 7.36. The van der Waals surface area contributed by atoms with Gasteiger partial charge in [0.1, 0.15) is 5.69 Å². The van der Waals surface area contributed by atoms with Crippen LogP contribution in [0.5, 0.6) is 0 Å². The standard InChI is InChI=1S/C15H18BrN3O/c1-4-19-10-13(16)9-14(19)15(20)18(3)11(2)12-5-7-17-8-6-12/h5-11H,4H2,1-3H3. The molecule has 4 nitrogen and oxygen atoms in total. The Morgan fingerprint density at radius 1 is 1.45 bits per heavy atom. The predicted octanol–water partition coefficient (Wildman–Crippen LogP) is 3.50. The van der Waals surface area contributed by atoms with Gasteiger partial charge < -0.3 is 9.47 Å². The van der Waals surface area contributed by atoms with Gasteiger partial charge in [-0.15, -0.1) is 0 Å². The van der Waals surface area contributed by atoms with Crippen molar-refractivity contribution in [1.29, 1.82) is 0 Å². The van der Waals surface area contributed by atoms with Crippen LogP contribution in [0.1, 0.15) is 35.9 Å². The minimum atomic E-state index is 0.00415. The molecule has 0 aliphatic carbocycles. The molecule has 5 heteroatoms. The molecule has 0 radical (unpaired) electrons. The van der Waals surface area contributed by atoms with Crippen molar-refractivity contribution in [2.45, 2.75) is 26.4 Å². The van der Waals surface area contributed by atoms with E-state index in [0.717, 1.165) is 16.6 Å². The zero-order valence-electron chi connectivity index (χ0n) is 11.9. The minimum absolute atomic E-state index is 0.00415. The molecule has 0 aliphatic heterocycles. The zero-order chi connectivity index (χ0) is 14.7. The number of carbonyl (C=O) groups is 1. The largest absolute Gasteiger partial charge is 0.343 e. The van der Waals surface area contributed by atoms with Crippen LogP contribution in [-0.4, -0.2) is 27.4 Å². The highest BCUT2D eigenvalue weighted by Crippen LogP contribution is 2.22. The van der Waals surface area contributed by atoms with E-state index in [9.17, 15) is 4.79 Å². The Hall–Kier alpha value is -1.62. The lowest BCUT2D eigenvalue weighted by Gasteiger charge is -2.25. The summed E-state index contributed by atoms with van der Waals surface area (Å²) in [5, 5.41) is 0. The highest BCUT2D eigenvalue weighted by Gasteiger charge is 2.21. The summed E-state index contributed by atoms with van der Waals surface area (Å²) in [6.07, 6.45) is 5.42. The predicted molar refractivity (Wildman–Crippen MR) is 82.6 cm³/mol. The number of halogens is 1. The number of nitrogens with zero attached hydrogens (tertiary/aromatic N) is 3. The molecule has 1 amide bonds. The van der Waals surface area contributed by atoms with E-state index in [2.05, 4.69) is 20.9 Å². The molecule has 0 bridgehead atoms. The van der Waals surface area contributed by atoms with Crippen LogP contribution >= 0.6 is 15.9 Å². The molecule has 2 aromatic rings. The first-order valence-electron chi connectivity index (χ1n) is 6.57. The Morgan fingerprint density at radius 3 is 2.70 bits per heavy atom. The average molecular weight is 336 g/mol. The van der Waals surface area contributed by atoms with Crippen molar-refractivity contribution in [2.75, 3.05) is 7.05 Å². The van der Waals surface area contributed by atoms with E-state index in [1.54, 1.807) is 17.3 Å². The van der Waals surface area contributed by atoms with Gasteiger partial charge in [-0.25, -0.2) is 0 Å². The van der Waals surface area contributed by atoms with Gasteiger partial charge in [0.25, 0.3) is 5.91 Å². The number of aromatic nitrogens is 2. The number of hydrogen-bond acceptors (Lipinski definition) is 2. The summed E-state index contributed by atoms with van der Waals surface area (Å²) in [5.74, 6) is 0.0156. The second kappa shape index (κ2) is 6.22. The summed E-state index contributed by atoms with van der Waals surface area (Å²) in [6.45, 7) is 4.81. The molecular formula is C15H18BrN3O. The summed E-state index contributed by atoms with van der Waals surface area (Å²) in [7, 11) is 1.83. The van der Waals surface area contributed by atoms with Crippen LogP contribution in [0.15, 0.2) is 41.3 Å². The lowest BCUT2D eigenvalue weighted by atomic mass is 10.1. The number of aryl methyl sites for hydroxylation is 1. The molecule has 0 N–H and O–H groups in total. The fraction of sp³-hybridized carbons (Fsp3) is 0.333. The lowest BCUT2D eigenvalue weighted by Crippen LogP contribution is -2.31. The molecule has 1 atom stereocenters. The third-order valence-corrected chi connectivity index (χ3v) is 3.95. The van der Waals surface area contributed by atoms with Crippen molar-refractivity contribution >= 4 is 21.8 Å². The molecule has 0 fully saturated rings. The van der Waals surface area contributed by atoms with Gasteiger partial charge in [-0.3, -0.25) is 9.78 Å². The van der Waals surface area contributed by atoms with E-state index >= 15 is 0 Å². The molecule has 0 saturated carbocycles. The Kier molecular flexibility index (Phi) is 4.60. The first kappa shape index (κ1) is 14.8. The van der Waals surface area contributed by atoms with Crippen molar-refractivity contribution in [2.24, 2.45) is 0 Å². The fourth-order valence-electron chi connectivity index (χ4n) is 2.14. The monoisotopic (exact) mass is 335 g/mol. The Bertz CT molecular complexity index is 594. The molecule has 2 aromatic heterocycles. The van der Waals surface area contributed by atoms with Gasteiger partial charge in [-0.1, -0.05) is 0 Å². The lowest BCUT2D eigenvalue weighted by molar-refractivity contribution is 0.0732. The SMILES string of the molecule is CCn1cc(Br)cc1C(=O)N(C)C(C)c1ccncc1. The maximum Gasteiger partial charge on any atom is 0.270 e. The molecule has 0 saturated heterocycles. The summed E-state index contributed by atoms with van der Waals surface area (Å²) < 4.78 is 2.87. The molecule has 0 aromatic carbocycles. The van der Waals surface area contributed by atoms with E-state index in [4.69, 9.17) is 0 Å². The van der Waals surface area contributed by atoms with Crippen molar-refractivity contribution in [3.63, 3.8) is 0 Å². The van der Waals surface area contributed by atoms with Gasteiger partial charge in [-0.2, -0.15) is 0 Å². The second-order valence-electron chi connectivity index (χ2n) is 4.70. The van der Waals surface area contributed by atoms with Gasteiger partial charge >= 0.3 is 0 Å². The van der Waals surface area contributed by atoms with Crippen LogP contribution in [0.4, 0.5) is 0 Å². The molecule has 0 spiro atoms. The van der Waals surface area contributed by atoms with Crippen molar-refractivity contribution in [3.05, 3.63) is 52.5 Å². The molecule has 2 rings (SSSR count). The van der Waals surface area contributed by atoms with E-state index in [-0.39, 0.29) is 11.9 Å². The van der Waals surface area contributed by atoms with E-state index < -0.39 is 0 Å². The quantitative estimate of drug-likeness (QED) is 0.857. The Labute approximate surface area is 127 Å². The van der Waals surface area contributed by atoms with Crippen LogP contribution in [0.25, 0.3) is 0 Å². The van der Waals surface area contributed by atoms with Crippen molar-refractivity contribution in [3.8, 4) is 0 Å². The molecule has 2 heterocycles. The number of pyridine rings is 1. The number of amides is 1. The fourth-order valence-corrected chi connectivity index (χ4v) is 2.60. The number of hydrogen-bond donors (Lipinski definition) is 0. The van der Waals surface area contributed by atoms with Gasteiger partial charge in [-0.05, 0) is 53.5 Å². The summed E-state index contributed by atoms with van der Waals surface area (Å²) in [4.78, 5) is 18.4. The smallest absolute Gasteiger partial charge is 0.270 e. The topological polar surface area (TPSA) is 38.1 Å². The average Bonchev–Trinajstić information content (AvgIpc) is 2.87. The summed E-state index contributed by atoms with van der Waals surface area (Å²) >= 11 is 3.42. The van der Waals surface area contributed by atoms with Gasteiger partial charge in [0.15, 0.2) is 0 Å². The second-order valence-corrected chi connectivity index (χ2v) is 5.62. The van der Waals surface area contributed by atoms with Gasteiger partial charge in [0.05, 0.1) is 6.04 Å². The highest BCUT2D eigenvalue weighted by molar-refractivity contribution is 9.10. The van der Waals surface area contributed by atoms with Crippen LogP contribution in [0.2, 0.25) is 0 Å². The number of rotatable bonds is 4.